The van der Waals surface area contributed by atoms with Gasteiger partial charge >= 0.3 is 6.09 Å². The van der Waals surface area contributed by atoms with E-state index >= 15 is 0 Å². The molecule has 0 heterocycles. The zero-order chi connectivity index (χ0) is 28.0. The average molecular weight is 516 g/mol. The van der Waals surface area contributed by atoms with Crippen molar-refractivity contribution in [2.24, 2.45) is 5.92 Å². The van der Waals surface area contributed by atoms with Crippen LogP contribution in [0.2, 0.25) is 0 Å². The highest BCUT2D eigenvalue weighted by molar-refractivity contribution is 5.92. The summed E-state index contributed by atoms with van der Waals surface area (Å²) in [5.41, 5.74) is 0.897. The van der Waals surface area contributed by atoms with E-state index in [2.05, 4.69) is 24.1 Å². The topological polar surface area (TPSA) is 87.7 Å². The van der Waals surface area contributed by atoms with Crippen LogP contribution >= 0.6 is 0 Å². The zero-order valence-electron chi connectivity index (χ0n) is 24.1. The molecule has 1 rings (SSSR count). The van der Waals surface area contributed by atoms with Gasteiger partial charge in [0.2, 0.25) is 11.8 Å². The molecule has 0 radical (unpaired) electrons. The largest absolute Gasteiger partial charge is 0.444 e. The Balaban J connectivity index is 3.45. The minimum atomic E-state index is -0.823. The summed E-state index contributed by atoms with van der Waals surface area (Å²) in [6.07, 6.45) is 6.04. The number of unbranched alkanes of at least 4 members (excludes halogenated alkanes) is 3. The van der Waals surface area contributed by atoms with E-state index in [0.29, 0.717) is 19.5 Å². The Labute approximate surface area is 224 Å². The van der Waals surface area contributed by atoms with Crippen LogP contribution in [0.5, 0.6) is 0 Å². The Morgan fingerprint density at radius 2 is 1.76 bits per heavy atom. The van der Waals surface area contributed by atoms with Crippen LogP contribution in [-0.4, -0.2) is 47.5 Å². The molecule has 0 spiro atoms. The van der Waals surface area contributed by atoms with Gasteiger partial charge in [-0.15, -0.1) is 0 Å². The van der Waals surface area contributed by atoms with Crippen LogP contribution in [0.25, 0.3) is 6.08 Å². The van der Waals surface area contributed by atoms with Gasteiger partial charge in [-0.05, 0) is 63.1 Å². The van der Waals surface area contributed by atoms with E-state index in [0.717, 1.165) is 43.2 Å². The summed E-state index contributed by atoms with van der Waals surface area (Å²) in [4.78, 5) is 42.0. The van der Waals surface area contributed by atoms with Crippen LogP contribution < -0.4 is 10.6 Å². The van der Waals surface area contributed by atoms with Gasteiger partial charge in [0, 0.05) is 13.1 Å². The summed E-state index contributed by atoms with van der Waals surface area (Å²) in [6, 6.07) is 5.91. The smallest absolute Gasteiger partial charge is 0.408 e. The average Bonchev–Trinajstić information content (AvgIpc) is 2.82. The third kappa shape index (κ3) is 11.8. The van der Waals surface area contributed by atoms with Gasteiger partial charge < -0.3 is 20.3 Å². The molecule has 0 bridgehead atoms. The van der Waals surface area contributed by atoms with E-state index in [9.17, 15) is 14.4 Å². The fourth-order valence-corrected chi connectivity index (χ4v) is 4.05. The molecule has 0 saturated carbocycles. The molecule has 3 amide bonds. The lowest BCUT2D eigenvalue weighted by Crippen LogP contribution is -2.53. The predicted molar refractivity (Wildman–Crippen MR) is 151 cm³/mol. The number of carbonyl (C=O) groups excluding carboxylic acids is 3. The van der Waals surface area contributed by atoms with Crippen molar-refractivity contribution in [3.63, 3.8) is 0 Å². The molecule has 0 aliphatic carbocycles. The van der Waals surface area contributed by atoms with Crippen molar-refractivity contribution in [1.29, 1.82) is 0 Å². The molecule has 7 nitrogen and oxygen atoms in total. The van der Waals surface area contributed by atoms with E-state index in [1.54, 1.807) is 31.7 Å². The van der Waals surface area contributed by atoms with E-state index in [1.807, 2.05) is 45.0 Å². The highest BCUT2D eigenvalue weighted by Gasteiger charge is 2.36. The van der Waals surface area contributed by atoms with Crippen LogP contribution in [0, 0.1) is 5.92 Å². The fraction of sp³-hybridized carbons (Fsp3) is 0.633. The zero-order valence-corrected chi connectivity index (χ0v) is 24.1. The Bertz CT molecular complexity index is 876. The van der Waals surface area contributed by atoms with E-state index in [-0.39, 0.29) is 17.7 Å². The van der Waals surface area contributed by atoms with Crippen molar-refractivity contribution in [1.82, 2.24) is 15.5 Å². The summed E-state index contributed by atoms with van der Waals surface area (Å²) in [5, 5.41) is 5.84. The van der Waals surface area contributed by atoms with Gasteiger partial charge in [0.1, 0.15) is 17.7 Å². The molecule has 2 N–H and O–H groups in total. The molecule has 2 atom stereocenters. The maximum absolute atomic E-state index is 14.1. The van der Waals surface area contributed by atoms with Crippen LogP contribution in [0.15, 0.2) is 30.8 Å². The molecule has 0 fully saturated rings. The third-order valence-electron chi connectivity index (χ3n) is 5.83. The molecule has 0 aliphatic heterocycles. The van der Waals surface area contributed by atoms with Gasteiger partial charge in [-0.3, -0.25) is 9.59 Å². The maximum Gasteiger partial charge on any atom is 0.408 e. The lowest BCUT2D eigenvalue weighted by atomic mass is 9.97. The van der Waals surface area contributed by atoms with E-state index < -0.39 is 23.8 Å². The van der Waals surface area contributed by atoms with Crippen molar-refractivity contribution in [2.75, 3.05) is 13.1 Å². The van der Waals surface area contributed by atoms with Crippen molar-refractivity contribution in [3.8, 4) is 0 Å². The number of hydrogen-bond acceptors (Lipinski definition) is 4. The number of nitrogens with one attached hydrogen (secondary N) is 2. The summed E-state index contributed by atoms with van der Waals surface area (Å²) in [7, 11) is 0. The van der Waals surface area contributed by atoms with Gasteiger partial charge in [0.25, 0.3) is 0 Å². The molecule has 0 aliphatic rings. The molecular formula is C30H49N3O4. The second-order valence-electron chi connectivity index (χ2n) is 11.0. The lowest BCUT2D eigenvalue weighted by molar-refractivity contribution is -0.142. The van der Waals surface area contributed by atoms with Crippen molar-refractivity contribution >= 4 is 24.0 Å². The highest BCUT2D eigenvalue weighted by atomic mass is 16.6. The van der Waals surface area contributed by atoms with Crippen molar-refractivity contribution in [2.45, 2.75) is 105 Å². The lowest BCUT2D eigenvalue weighted by Gasteiger charge is -2.35. The number of rotatable bonds is 15. The minimum absolute atomic E-state index is 0.141. The third-order valence-corrected chi connectivity index (χ3v) is 5.83. The number of alkyl carbamates (subject to hydrolysis) is 1. The number of nitrogens with zero attached hydrogens (tertiary/aromatic N) is 1. The van der Waals surface area contributed by atoms with Crippen molar-refractivity contribution in [3.05, 3.63) is 42.0 Å². The summed E-state index contributed by atoms with van der Waals surface area (Å²) in [6.45, 7) is 18.3. The Hall–Kier alpha value is -2.83. The summed E-state index contributed by atoms with van der Waals surface area (Å²) < 4.78 is 5.45. The number of amides is 3. The van der Waals surface area contributed by atoms with Crippen LogP contribution in [0.4, 0.5) is 4.79 Å². The molecule has 1 aromatic carbocycles. The number of benzene rings is 1. The maximum atomic E-state index is 14.1. The van der Waals surface area contributed by atoms with Gasteiger partial charge in [0.15, 0.2) is 0 Å². The standard InChI is InChI=1S/C30H49N3O4/c1-9-12-14-18-31-27(34)26(24-17-15-16-23(11-3)21-24)33(19-13-10-2)28(35)25(20-22(4)5)32-29(36)37-30(6,7)8/h11,15-17,21-22,25-26H,3,9-10,12-14,18-20H2,1-2,4-8H3,(H,31,34)(H,32,36). The molecule has 37 heavy (non-hydrogen) atoms. The monoisotopic (exact) mass is 515 g/mol. The van der Waals surface area contributed by atoms with Gasteiger partial charge in [0.05, 0.1) is 0 Å². The van der Waals surface area contributed by atoms with E-state index in [1.165, 1.54) is 0 Å². The number of hydrogen-bond donors (Lipinski definition) is 2. The van der Waals surface area contributed by atoms with E-state index in [4.69, 9.17) is 4.74 Å². The van der Waals surface area contributed by atoms with Gasteiger partial charge in [-0.2, -0.15) is 0 Å². The summed E-state index contributed by atoms with van der Waals surface area (Å²) in [5.74, 6) is -0.365. The normalized spacial score (nSPS) is 13.0. The Kier molecular flexibility index (Phi) is 14.0. The van der Waals surface area contributed by atoms with Crippen LogP contribution in [0.3, 0.4) is 0 Å². The van der Waals surface area contributed by atoms with Crippen LogP contribution in [-0.2, 0) is 14.3 Å². The number of ether oxygens (including phenoxy) is 1. The quantitative estimate of drug-likeness (QED) is 0.271. The Morgan fingerprint density at radius 1 is 1.08 bits per heavy atom. The molecule has 208 valence electrons. The Morgan fingerprint density at radius 3 is 2.32 bits per heavy atom. The van der Waals surface area contributed by atoms with Gasteiger partial charge in [-0.25, -0.2) is 4.79 Å². The fourth-order valence-electron chi connectivity index (χ4n) is 4.05. The van der Waals surface area contributed by atoms with Gasteiger partial charge in [-0.1, -0.05) is 77.8 Å². The first kappa shape index (κ1) is 32.2. The number of carbonyl (C=O) groups is 3. The highest BCUT2D eigenvalue weighted by Crippen LogP contribution is 2.26. The summed E-state index contributed by atoms with van der Waals surface area (Å²) >= 11 is 0. The SMILES string of the molecule is C=Cc1cccc(C(C(=O)NCCCCC)N(CCCC)C(=O)C(CC(C)C)NC(=O)OC(C)(C)C)c1. The predicted octanol–water partition coefficient (Wildman–Crippen LogP) is 6.25. The first-order valence-corrected chi connectivity index (χ1v) is 13.7. The molecule has 0 aromatic heterocycles. The molecular weight excluding hydrogens is 466 g/mol. The molecule has 2 unspecified atom stereocenters. The second kappa shape index (κ2) is 16.1. The van der Waals surface area contributed by atoms with Crippen LogP contribution in [0.1, 0.15) is 104 Å². The minimum Gasteiger partial charge on any atom is -0.444 e. The van der Waals surface area contributed by atoms with Crippen molar-refractivity contribution < 1.29 is 19.1 Å². The molecule has 1 aromatic rings. The first-order valence-electron chi connectivity index (χ1n) is 13.7. The molecule has 7 heteroatoms. The molecule has 0 saturated heterocycles. The second-order valence-corrected chi connectivity index (χ2v) is 11.0. The first-order chi connectivity index (χ1) is 17.4.